The molecule has 0 fully saturated rings. The average Bonchev–Trinajstić information content (AvgIpc) is 3.67. The lowest BCUT2D eigenvalue weighted by Gasteiger charge is -2.17. The van der Waals surface area contributed by atoms with Crippen molar-refractivity contribution in [1.82, 2.24) is 9.97 Å². The second kappa shape index (κ2) is 8.57. The second-order valence-corrected chi connectivity index (χ2v) is 8.78. The van der Waals surface area contributed by atoms with Gasteiger partial charge in [-0.25, -0.2) is 9.98 Å². The minimum Gasteiger partial charge on any atom is -0.475 e. The lowest BCUT2D eigenvalue weighted by molar-refractivity contribution is 0.348. The molecule has 7 rings (SSSR count). The summed E-state index contributed by atoms with van der Waals surface area (Å²) in [6.07, 6.45) is 3.70. The normalized spacial score (nSPS) is 15.0. The van der Waals surface area contributed by atoms with E-state index < -0.39 is 0 Å². The van der Waals surface area contributed by atoms with Crippen molar-refractivity contribution in [2.75, 3.05) is 26.3 Å². The molecule has 0 aliphatic carbocycles. The van der Waals surface area contributed by atoms with Crippen molar-refractivity contribution in [2.24, 2.45) is 9.98 Å². The molecule has 2 aliphatic rings. The van der Waals surface area contributed by atoms with Crippen LogP contribution in [0.4, 0.5) is 0 Å². The fourth-order valence-electron chi connectivity index (χ4n) is 5.04. The molecular formula is C30H22N4O2. The fraction of sp³-hybridized carbons (Fsp3) is 0.133. The largest absolute Gasteiger partial charge is 0.475 e. The van der Waals surface area contributed by atoms with E-state index in [-0.39, 0.29) is 0 Å². The van der Waals surface area contributed by atoms with Crippen LogP contribution in [-0.2, 0) is 9.47 Å². The van der Waals surface area contributed by atoms with Gasteiger partial charge in [0.25, 0.3) is 0 Å². The molecule has 0 saturated carbocycles. The maximum atomic E-state index is 5.62. The van der Waals surface area contributed by atoms with Crippen LogP contribution in [0.25, 0.3) is 44.1 Å². The van der Waals surface area contributed by atoms with Crippen molar-refractivity contribution >= 4 is 33.3 Å². The highest BCUT2D eigenvalue weighted by Crippen LogP contribution is 2.42. The number of aliphatic imine (C=N–C) groups is 2. The second-order valence-electron chi connectivity index (χ2n) is 8.78. The van der Waals surface area contributed by atoms with E-state index in [4.69, 9.17) is 19.4 Å². The van der Waals surface area contributed by atoms with Crippen LogP contribution < -0.4 is 0 Å². The van der Waals surface area contributed by atoms with Crippen LogP contribution in [0, 0.1) is 0 Å². The molecule has 0 N–H and O–H groups in total. The van der Waals surface area contributed by atoms with Gasteiger partial charge >= 0.3 is 0 Å². The van der Waals surface area contributed by atoms with Crippen LogP contribution in [0.1, 0.15) is 11.1 Å². The molecule has 2 aliphatic heterocycles. The highest BCUT2D eigenvalue weighted by molar-refractivity contribution is 6.20. The number of fused-ring (bicyclic) bond motifs is 2. The van der Waals surface area contributed by atoms with E-state index in [0.29, 0.717) is 38.1 Å². The smallest absolute Gasteiger partial charge is 0.217 e. The van der Waals surface area contributed by atoms with Gasteiger partial charge in [-0.15, -0.1) is 0 Å². The van der Waals surface area contributed by atoms with Crippen molar-refractivity contribution in [3.8, 4) is 22.5 Å². The third-order valence-electron chi connectivity index (χ3n) is 6.64. The molecule has 4 heterocycles. The van der Waals surface area contributed by atoms with E-state index in [9.17, 15) is 0 Å². The molecule has 6 heteroatoms. The highest BCUT2D eigenvalue weighted by atomic mass is 16.5. The van der Waals surface area contributed by atoms with Gasteiger partial charge in [0.05, 0.1) is 35.6 Å². The van der Waals surface area contributed by atoms with Gasteiger partial charge in [0.1, 0.15) is 13.2 Å². The van der Waals surface area contributed by atoms with Gasteiger partial charge in [0.15, 0.2) is 0 Å². The summed E-state index contributed by atoms with van der Waals surface area (Å²) in [4.78, 5) is 18.5. The van der Waals surface area contributed by atoms with Crippen LogP contribution in [-0.4, -0.2) is 48.1 Å². The Morgan fingerprint density at radius 3 is 1.22 bits per heavy atom. The molecule has 5 aromatic rings. The van der Waals surface area contributed by atoms with Crippen molar-refractivity contribution in [1.29, 1.82) is 0 Å². The van der Waals surface area contributed by atoms with Crippen LogP contribution in [0.15, 0.2) is 95.2 Å². The predicted molar refractivity (Wildman–Crippen MR) is 143 cm³/mol. The molecule has 0 atom stereocenters. The van der Waals surface area contributed by atoms with Gasteiger partial charge in [0.2, 0.25) is 11.8 Å². The third-order valence-corrected chi connectivity index (χ3v) is 6.64. The third kappa shape index (κ3) is 3.41. The fourth-order valence-corrected chi connectivity index (χ4v) is 5.04. The number of rotatable bonds is 4. The van der Waals surface area contributed by atoms with Crippen molar-refractivity contribution in [3.05, 3.63) is 96.3 Å². The Labute approximate surface area is 208 Å². The monoisotopic (exact) mass is 470 g/mol. The number of pyridine rings is 2. The maximum Gasteiger partial charge on any atom is 0.217 e. The first-order valence-electron chi connectivity index (χ1n) is 12.1. The van der Waals surface area contributed by atoms with Gasteiger partial charge in [-0.1, -0.05) is 48.5 Å². The lowest BCUT2D eigenvalue weighted by atomic mass is 9.88. The van der Waals surface area contributed by atoms with E-state index in [2.05, 4.69) is 70.6 Å². The molecule has 174 valence electrons. The number of nitrogens with zero attached hydrogens (tertiary/aromatic N) is 4. The quantitative estimate of drug-likeness (QED) is 0.317. The summed E-state index contributed by atoms with van der Waals surface area (Å²) < 4.78 is 11.2. The van der Waals surface area contributed by atoms with Crippen LogP contribution in [0.3, 0.4) is 0 Å². The van der Waals surface area contributed by atoms with E-state index in [0.717, 1.165) is 55.2 Å². The zero-order valence-electron chi connectivity index (χ0n) is 19.5. The Morgan fingerprint density at radius 1 is 0.500 bits per heavy atom. The molecule has 2 aromatic heterocycles. The van der Waals surface area contributed by atoms with Crippen LogP contribution in [0.2, 0.25) is 0 Å². The molecule has 3 aromatic carbocycles. The molecule has 0 amide bonds. The molecule has 0 radical (unpaired) electrons. The predicted octanol–water partition coefficient (Wildman–Crippen LogP) is 5.67. The number of ether oxygens (including phenoxy) is 2. The van der Waals surface area contributed by atoms with E-state index in [1.54, 1.807) is 0 Å². The Morgan fingerprint density at radius 2 is 0.917 bits per heavy atom. The minimum absolute atomic E-state index is 0.629. The van der Waals surface area contributed by atoms with Gasteiger partial charge in [-0.2, -0.15) is 0 Å². The summed E-state index contributed by atoms with van der Waals surface area (Å²) in [5, 5.41) is 4.54. The first-order chi connectivity index (χ1) is 17.9. The SMILES string of the molecule is c1ccc2c(-c3ccc(C4=NCCO4)cn3)c3ccccc3c(-c3ccc(C4=NCCO4)cn3)c2c1. The lowest BCUT2D eigenvalue weighted by Crippen LogP contribution is -2.02. The average molecular weight is 471 g/mol. The van der Waals surface area contributed by atoms with E-state index in [1.807, 2.05) is 24.5 Å². The molecule has 0 saturated heterocycles. The topological polar surface area (TPSA) is 69.0 Å². The molecular weight excluding hydrogens is 448 g/mol. The van der Waals surface area contributed by atoms with Gasteiger partial charge in [-0.3, -0.25) is 9.97 Å². The van der Waals surface area contributed by atoms with Gasteiger partial charge in [0, 0.05) is 23.5 Å². The van der Waals surface area contributed by atoms with Crippen molar-refractivity contribution < 1.29 is 9.47 Å². The number of aromatic nitrogens is 2. The zero-order chi connectivity index (χ0) is 23.9. The van der Waals surface area contributed by atoms with E-state index >= 15 is 0 Å². The summed E-state index contributed by atoms with van der Waals surface area (Å²) in [6.45, 7) is 2.65. The molecule has 6 nitrogen and oxygen atoms in total. The Bertz CT molecular complexity index is 1490. The number of hydrogen-bond donors (Lipinski definition) is 0. The summed E-state index contributed by atoms with van der Waals surface area (Å²) in [5.41, 5.74) is 5.85. The summed E-state index contributed by atoms with van der Waals surface area (Å²) >= 11 is 0. The minimum atomic E-state index is 0.629. The Kier molecular flexibility index (Phi) is 4.94. The van der Waals surface area contributed by atoms with Gasteiger partial charge < -0.3 is 9.47 Å². The molecule has 0 bridgehead atoms. The van der Waals surface area contributed by atoms with E-state index in [1.165, 1.54) is 0 Å². The molecule has 0 spiro atoms. The number of benzene rings is 3. The van der Waals surface area contributed by atoms with Crippen LogP contribution >= 0.6 is 0 Å². The molecule has 0 unspecified atom stereocenters. The van der Waals surface area contributed by atoms with Crippen LogP contribution in [0.5, 0.6) is 0 Å². The van der Waals surface area contributed by atoms with Crippen molar-refractivity contribution in [2.45, 2.75) is 0 Å². The Balaban J connectivity index is 1.43. The Hall–Kier alpha value is -4.58. The summed E-state index contributed by atoms with van der Waals surface area (Å²) in [5.74, 6) is 1.34. The standard InChI is InChI=1S/C30H22N4O2/c1-2-6-22-21(5-1)27(25-11-9-19(17-33-25)29-31-13-15-35-29)23-7-3-4-8-24(23)28(22)26-12-10-20(18-34-26)30-32-14-16-36-30/h1-12,17-18H,13-16H2. The molecule has 36 heavy (non-hydrogen) atoms. The summed E-state index contributed by atoms with van der Waals surface area (Å²) in [7, 11) is 0. The maximum absolute atomic E-state index is 5.62. The van der Waals surface area contributed by atoms with Crippen molar-refractivity contribution in [3.63, 3.8) is 0 Å². The zero-order valence-corrected chi connectivity index (χ0v) is 19.5. The first kappa shape index (κ1) is 20.8. The van der Waals surface area contributed by atoms with Gasteiger partial charge in [-0.05, 0) is 45.8 Å². The highest BCUT2D eigenvalue weighted by Gasteiger charge is 2.19. The first-order valence-corrected chi connectivity index (χ1v) is 12.1. The number of hydrogen-bond acceptors (Lipinski definition) is 6. The summed E-state index contributed by atoms with van der Waals surface area (Å²) in [6, 6.07) is 25.1.